The summed E-state index contributed by atoms with van der Waals surface area (Å²) in [6, 6.07) is 21.1. The van der Waals surface area contributed by atoms with E-state index < -0.39 is 6.10 Å². The van der Waals surface area contributed by atoms with Crippen LogP contribution in [0.25, 0.3) is 0 Å². The van der Waals surface area contributed by atoms with Crippen molar-refractivity contribution in [1.29, 1.82) is 0 Å². The van der Waals surface area contributed by atoms with Crippen LogP contribution in [0.3, 0.4) is 0 Å². The summed E-state index contributed by atoms with van der Waals surface area (Å²) >= 11 is 0. The monoisotopic (exact) mass is 365 g/mol. The van der Waals surface area contributed by atoms with Gasteiger partial charge in [-0.05, 0) is 17.0 Å². The summed E-state index contributed by atoms with van der Waals surface area (Å²) in [5, 5.41) is 11.4. The van der Waals surface area contributed by atoms with Crippen LogP contribution in [0.1, 0.15) is 45.2 Å². The summed E-state index contributed by atoms with van der Waals surface area (Å²) in [7, 11) is 0. The molecule has 27 heavy (non-hydrogen) atoms. The van der Waals surface area contributed by atoms with Crippen LogP contribution in [-0.4, -0.2) is 22.2 Å². The molecule has 0 radical (unpaired) electrons. The van der Waals surface area contributed by atoms with Crippen LogP contribution >= 0.6 is 0 Å². The molecule has 0 saturated carbocycles. The number of aliphatic hydroxyl groups excluding tert-OH is 1. The molecule has 0 aliphatic carbocycles. The summed E-state index contributed by atoms with van der Waals surface area (Å²) in [4.78, 5) is 2.44. The lowest BCUT2D eigenvalue weighted by atomic mass is 9.77. The third kappa shape index (κ3) is 5.79. The normalized spacial score (nSPS) is 15.3. The highest BCUT2D eigenvalue weighted by atomic mass is 16.3. The molecule has 2 aromatic carbocycles. The molecular weight excluding hydrogens is 330 g/mol. The van der Waals surface area contributed by atoms with Gasteiger partial charge in [-0.15, -0.1) is 6.58 Å². The maximum absolute atomic E-state index is 11.4. The van der Waals surface area contributed by atoms with E-state index in [1.54, 1.807) is 0 Å². The fraction of sp³-hybridized carbons (Fsp3) is 0.440. The van der Waals surface area contributed by atoms with E-state index in [9.17, 15) is 5.11 Å². The Morgan fingerprint density at radius 2 is 1.41 bits per heavy atom. The first-order valence-electron chi connectivity index (χ1n) is 10.0. The Hall–Kier alpha value is -1.90. The third-order valence-electron chi connectivity index (χ3n) is 5.72. The Balaban J connectivity index is 2.40. The van der Waals surface area contributed by atoms with Crippen molar-refractivity contribution in [1.82, 2.24) is 4.90 Å². The molecule has 0 fully saturated rings. The molecule has 0 spiro atoms. The van der Waals surface area contributed by atoms with E-state index in [2.05, 4.69) is 87.7 Å². The predicted molar refractivity (Wildman–Crippen MR) is 115 cm³/mol. The standard InChI is InChI=1S/C25H35NO/c1-6-20(3)23(24(27)25(4,5)7-2)26(18-21-14-10-8-11-15-21)19-22-16-12-9-13-17-22/h7-17,20,23-24,27H,2,6,18-19H2,1,3-5H3/t20-,23-,24-/m0/s1. The summed E-state index contributed by atoms with van der Waals surface area (Å²) in [6.45, 7) is 14.2. The van der Waals surface area contributed by atoms with Crippen molar-refractivity contribution in [3.63, 3.8) is 0 Å². The SMILES string of the molecule is C=CC(C)(C)[C@@H](O)[C@H]([C@@H](C)CC)N(Cc1ccccc1)Cc1ccccc1. The van der Waals surface area contributed by atoms with Crippen LogP contribution in [0.5, 0.6) is 0 Å². The highest BCUT2D eigenvalue weighted by molar-refractivity contribution is 5.18. The summed E-state index contributed by atoms with van der Waals surface area (Å²) in [5.74, 6) is 0.367. The van der Waals surface area contributed by atoms with Gasteiger partial charge in [-0.2, -0.15) is 0 Å². The smallest absolute Gasteiger partial charge is 0.0783 e. The van der Waals surface area contributed by atoms with E-state index in [1.807, 2.05) is 18.2 Å². The van der Waals surface area contributed by atoms with Gasteiger partial charge in [-0.3, -0.25) is 4.90 Å². The molecule has 2 rings (SSSR count). The van der Waals surface area contributed by atoms with Crippen LogP contribution in [0.15, 0.2) is 73.3 Å². The van der Waals surface area contributed by atoms with Crippen molar-refractivity contribution in [2.45, 2.75) is 59.4 Å². The molecule has 2 aromatic rings. The minimum absolute atomic E-state index is 0.0448. The Labute approximate surface area is 165 Å². The van der Waals surface area contributed by atoms with Crippen molar-refractivity contribution in [2.75, 3.05) is 0 Å². The summed E-state index contributed by atoms with van der Waals surface area (Å²) in [5.41, 5.74) is 2.19. The van der Waals surface area contributed by atoms with Crippen LogP contribution < -0.4 is 0 Å². The Kier molecular flexibility index (Phi) is 7.82. The molecule has 0 bridgehead atoms. The second-order valence-electron chi connectivity index (χ2n) is 8.22. The fourth-order valence-electron chi connectivity index (χ4n) is 3.58. The maximum atomic E-state index is 11.4. The molecular formula is C25H35NO. The van der Waals surface area contributed by atoms with Gasteiger partial charge < -0.3 is 5.11 Å². The van der Waals surface area contributed by atoms with E-state index in [-0.39, 0.29) is 11.5 Å². The van der Waals surface area contributed by atoms with Crippen molar-refractivity contribution >= 4 is 0 Å². The lowest BCUT2D eigenvalue weighted by molar-refractivity contribution is -0.0377. The number of hydrogen-bond donors (Lipinski definition) is 1. The molecule has 0 aliphatic heterocycles. The molecule has 3 atom stereocenters. The van der Waals surface area contributed by atoms with Crippen molar-refractivity contribution in [3.8, 4) is 0 Å². The first kappa shape index (κ1) is 21.4. The maximum Gasteiger partial charge on any atom is 0.0783 e. The minimum Gasteiger partial charge on any atom is -0.391 e. The van der Waals surface area contributed by atoms with Crippen molar-refractivity contribution in [3.05, 3.63) is 84.4 Å². The van der Waals surface area contributed by atoms with Gasteiger partial charge in [0.15, 0.2) is 0 Å². The van der Waals surface area contributed by atoms with Gasteiger partial charge in [-0.1, -0.05) is 101 Å². The van der Waals surface area contributed by atoms with E-state index >= 15 is 0 Å². The molecule has 2 heteroatoms. The Morgan fingerprint density at radius 3 is 1.78 bits per heavy atom. The summed E-state index contributed by atoms with van der Waals surface area (Å²) < 4.78 is 0. The molecule has 0 saturated heterocycles. The second kappa shape index (κ2) is 9.87. The zero-order valence-corrected chi connectivity index (χ0v) is 17.3. The van der Waals surface area contributed by atoms with E-state index in [4.69, 9.17) is 0 Å². The Bertz CT molecular complexity index is 638. The number of aliphatic hydroxyl groups is 1. The van der Waals surface area contributed by atoms with Crippen LogP contribution in [0.2, 0.25) is 0 Å². The van der Waals surface area contributed by atoms with E-state index in [0.717, 1.165) is 19.5 Å². The van der Waals surface area contributed by atoms with Gasteiger partial charge in [0.1, 0.15) is 0 Å². The fourth-order valence-corrected chi connectivity index (χ4v) is 3.58. The largest absolute Gasteiger partial charge is 0.391 e. The van der Waals surface area contributed by atoms with E-state index in [0.29, 0.717) is 5.92 Å². The molecule has 0 amide bonds. The predicted octanol–water partition coefficient (Wildman–Crippen LogP) is 5.68. The lowest BCUT2D eigenvalue weighted by Gasteiger charge is -2.43. The van der Waals surface area contributed by atoms with Crippen LogP contribution in [0.4, 0.5) is 0 Å². The second-order valence-corrected chi connectivity index (χ2v) is 8.22. The molecule has 0 unspecified atom stereocenters. The Morgan fingerprint density at radius 1 is 0.963 bits per heavy atom. The van der Waals surface area contributed by atoms with E-state index in [1.165, 1.54) is 11.1 Å². The zero-order chi connectivity index (χ0) is 19.9. The first-order chi connectivity index (χ1) is 12.9. The minimum atomic E-state index is -0.489. The molecule has 0 heterocycles. The number of benzene rings is 2. The highest BCUT2D eigenvalue weighted by Gasteiger charge is 2.38. The number of rotatable bonds is 10. The van der Waals surface area contributed by atoms with Crippen LogP contribution in [-0.2, 0) is 13.1 Å². The average Bonchev–Trinajstić information content (AvgIpc) is 2.69. The van der Waals surface area contributed by atoms with Crippen LogP contribution in [0, 0.1) is 11.3 Å². The van der Waals surface area contributed by atoms with Gasteiger partial charge in [-0.25, -0.2) is 0 Å². The quantitative estimate of drug-likeness (QED) is 0.548. The van der Waals surface area contributed by atoms with Gasteiger partial charge in [0, 0.05) is 24.5 Å². The molecule has 1 N–H and O–H groups in total. The molecule has 2 nitrogen and oxygen atoms in total. The molecule has 0 aromatic heterocycles. The first-order valence-corrected chi connectivity index (χ1v) is 10.0. The zero-order valence-electron chi connectivity index (χ0n) is 17.3. The van der Waals surface area contributed by atoms with Crippen molar-refractivity contribution < 1.29 is 5.11 Å². The van der Waals surface area contributed by atoms with Gasteiger partial charge >= 0.3 is 0 Å². The van der Waals surface area contributed by atoms with Gasteiger partial charge in [0.05, 0.1) is 6.10 Å². The lowest BCUT2D eigenvalue weighted by Crippen LogP contribution is -2.52. The molecule has 0 aliphatic rings. The number of hydrogen-bond acceptors (Lipinski definition) is 2. The molecule has 146 valence electrons. The summed E-state index contributed by atoms with van der Waals surface area (Å²) in [6.07, 6.45) is 2.42. The average molecular weight is 366 g/mol. The number of nitrogens with zero attached hydrogens (tertiary/aromatic N) is 1. The van der Waals surface area contributed by atoms with Crippen molar-refractivity contribution in [2.24, 2.45) is 11.3 Å². The van der Waals surface area contributed by atoms with Gasteiger partial charge in [0.2, 0.25) is 0 Å². The third-order valence-corrected chi connectivity index (χ3v) is 5.72. The highest BCUT2D eigenvalue weighted by Crippen LogP contribution is 2.32. The topological polar surface area (TPSA) is 23.5 Å². The van der Waals surface area contributed by atoms with Gasteiger partial charge in [0.25, 0.3) is 0 Å².